The third-order valence-electron chi connectivity index (χ3n) is 4.21. The molecule has 1 aliphatic heterocycles. The Hall–Kier alpha value is -2.96. The fraction of sp³-hybridized carbons (Fsp3) is 0.476. The minimum atomic E-state index is -4.41. The Morgan fingerprint density at radius 3 is 2.61 bits per heavy atom. The van der Waals surface area contributed by atoms with E-state index in [-0.39, 0.29) is 36.0 Å². The minimum absolute atomic E-state index is 0.0223. The molecule has 182 valence electrons. The van der Waals surface area contributed by atoms with E-state index in [1.165, 1.54) is 23.3 Å². The number of carbonyl (C=O) groups excluding carboxylic acids is 2. The SMILES string of the molecule is CCCN(OCCNC(=O)OC(C)(C)C)C(=O)C1=Cc2ccc(S(=O)(=O)O)cc2N=C(N)C1. The van der Waals surface area contributed by atoms with Gasteiger partial charge in [0.05, 0.1) is 17.2 Å². The molecule has 12 heteroatoms. The number of fused-ring (bicyclic) bond motifs is 1. The third-order valence-corrected chi connectivity index (χ3v) is 5.06. The van der Waals surface area contributed by atoms with Gasteiger partial charge in [0.15, 0.2) is 0 Å². The van der Waals surface area contributed by atoms with E-state index in [0.29, 0.717) is 24.1 Å². The molecule has 0 aliphatic carbocycles. The number of hydrogen-bond acceptors (Lipinski definition) is 8. The molecule has 0 aromatic heterocycles. The summed E-state index contributed by atoms with van der Waals surface area (Å²) in [5, 5.41) is 3.74. The zero-order valence-corrected chi connectivity index (χ0v) is 19.9. The van der Waals surface area contributed by atoms with Gasteiger partial charge in [0.25, 0.3) is 16.0 Å². The maximum atomic E-state index is 13.1. The van der Waals surface area contributed by atoms with Crippen molar-refractivity contribution in [2.75, 3.05) is 19.7 Å². The average Bonchev–Trinajstić information content (AvgIpc) is 2.85. The summed E-state index contributed by atoms with van der Waals surface area (Å²) in [6, 6.07) is 3.83. The summed E-state index contributed by atoms with van der Waals surface area (Å²) in [7, 11) is -4.41. The number of rotatable bonds is 8. The molecule has 0 atom stereocenters. The van der Waals surface area contributed by atoms with Crippen LogP contribution in [-0.2, 0) is 24.5 Å². The fourth-order valence-corrected chi connectivity index (χ4v) is 3.38. The molecule has 4 N–H and O–H groups in total. The van der Waals surface area contributed by atoms with E-state index in [9.17, 15) is 22.6 Å². The summed E-state index contributed by atoms with van der Waals surface area (Å²) in [4.78, 5) is 34.3. The second kappa shape index (κ2) is 10.8. The number of nitrogens with zero attached hydrogens (tertiary/aromatic N) is 2. The van der Waals surface area contributed by atoms with Crippen molar-refractivity contribution in [3.8, 4) is 0 Å². The van der Waals surface area contributed by atoms with E-state index in [0.717, 1.165) is 0 Å². The van der Waals surface area contributed by atoms with Crippen molar-refractivity contribution >= 4 is 39.7 Å². The Kier molecular flexibility index (Phi) is 8.58. The standard InChI is InChI=1S/C21H30N4O7S/c1-5-9-25(31-10-8-23-20(27)32-21(2,3)4)19(26)15-11-14-6-7-16(33(28,29)30)13-17(14)24-18(22)12-15/h6-7,11,13H,5,8-10,12H2,1-4H3,(H2,22,24)(H,23,27)(H,28,29,30). The van der Waals surface area contributed by atoms with Crippen LogP contribution in [0.3, 0.4) is 0 Å². The smallest absolute Gasteiger partial charge is 0.407 e. The highest BCUT2D eigenvalue weighted by atomic mass is 32.2. The lowest BCUT2D eigenvalue weighted by Gasteiger charge is -2.23. The number of nitrogens with two attached hydrogens (primary N) is 1. The van der Waals surface area contributed by atoms with Crippen molar-refractivity contribution in [1.29, 1.82) is 0 Å². The second-order valence-electron chi connectivity index (χ2n) is 8.31. The van der Waals surface area contributed by atoms with Gasteiger partial charge in [-0.2, -0.15) is 8.42 Å². The molecule has 0 radical (unpaired) electrons. The predicted molar refractivity (Wildman–Crippen MR) is 122 cm³/mol. The molecule has 0 unspecified atom stereocenters. The van der Waals surface area contributed by atoms with Crippen molar-refractivity contribution in [2.24, 2.45) is 10.7 Å². The molecule has 0 fully saturated rings. The first kappa shape index (κ1) is 26.3. The van der Waals surface area contributed by atoms with Gasteiger partial charge in [-0.15, -0.1) is 0 Å². The zero-order valence-electron chi connectivity index (χ0n) is 19.1. The summed E-state index contributed by atoms with van der Waals surface area (Å²) < 4.78 is 37.2. The quantitative estimate of drug-likeness (QED) is 0.289. The van der Waals surface area contributed by atoms with Crippen molar-refractivity contribution in [3.05, 3.63) is 29.3 Å². The topological polar surface area (TPSA) is 161 Å². The molecule has 11 nitrogen and oxygen atoms in total. The lowest BCUT2D eigenvalue weighted by atomic mass is 10.1. The van der Waals surface area contributed by atoms with Crippen molar-refractivity contribution in [2.45, 2.75) is 51.0 Å². The number of aliphatic imine (C=N–C) groups is 1. The second-order valence-corrected chi connectivity index (χ2v) is 9.74. The van der Waals surface area contributed by atoms with Crippen LogP contribution in [0.25, 0.3) is 6.08 Å². The largest absolute Gasteiger partial charge is 0.444 e. The molecular formula is C21H30N4O7S. The lowest BCUT2D eigenvalue weighted by Crippen LogP contribution is -2.38. The first-order chi connectivity index (χ1) is 15.3. The zero-order chi connectivity index (χ0) is 24.8. The maximum absolute atomic E-state index is 13.1. The summed E-state index contributed by atoms with van der Waals surface area (Å²) in [5.74, 6) is -0.331. The molecule has 0 saturated carbocycles. The Labute approximate surface area is 193 Å². The summed E-state index contributed by atoms with van der Waals surface area (Å²) in [6.45, 7) is 7.61. The number of amidine groups is 1. The van der Waals surface area contributed by atoms with Gasteiger partial charge in [-0.1, -0.05) is 13.0 Å². The molecule has 1 aromatic carbocycles. The van der Waals surface area contributed by atoms with E-state index < -0.39 is 27.7 Å². The fourth-order valence-electron chi connectivity index (χ4n) is 2.88. The first-order valence-electron chi connectivity index (χ1n) is 10.4. The van der Waals surface area contributed by atoms with Crippen LogP contribution in [0.4, 0.5) is 10.5 Å². The number of benzene rings is 1. The molecular weight excluding hydrogens is 452 g/mol. The van der Waals surface area contributed by atoms with Crippen molar-refractivity contribution in [3.63, 3.8) is 0 Å². The van der Waals surface area contributed by atoms with Crippen LogP contribution in [-0.4, -0.2) is 61.2 Å². The van der Waals surface area contributed by atoms with Crippen LogP contribution in [0, 0.1) is 0 Å². The number of alkyl carbamates (subject to hydrolysis) is 1. The summed E-state index contributed by atoms with van der Waals surface area (Å²) in [6.07, 6.45) is 1.61. The van der Waals surface area contributed by atoms with E-state index in [1.54, 1.807) is 26.8 Å². The number of hydrogen-bond donors (Lipinski definition) is 3. The molecule has 33 heavy (non-hydrogen) atoms. The van der Waals surface area contributed by atoms with Crippen LogP contribution in [0.5, 0.6) is 0 Å². The molecule has 2 amide bonds. The van der Waals surface area contributed by atoms with Crippen molar-refractivity contribution < 1.29 is 32.1 Å². The highest BCUT2D eigenvalue weighted by molar-refractivity contribution is 7.85. The Morgan fingerprint density at radius 1 is 1.30 bits per heavy atom. The molecule has 2 rings (SSSR count). The van der Waals surface area contributed by atoms with Gasteiger partial charge in [0.2, 0.25) is 0 Å². The molecule has 0 bridgehead atoms. The Bertz CT molecular complexity index is 1060. The van der Waals surface area contributed by atoms with Gasteiger partial charge < -0.3 is 15.8 Å². The number of amides is 2. The van der Waals surface area contributed by atoms with Gasteiger partial charge in [-0.3, -0.25) is 14.2 Å². The van der Waals surface area contributed by atoms with Crippen LogP contribution in [0.1, 0.15) is 46.1 Å². The van der Waals surface area contributed by atoms with Crippen LogP contribution in [0.2, 0.25) is 0 Å². The summed E-state index contributed by atoms with van der Waals surface area (Å²) >= 11 is 0. The van der Waals surface area contributed by atoms with Crippen molar-refractivity contribution in [1.82, 2.24) is 10.4 Å². The first-order valence-corrected chi connectivity index (χ1v) is 11.8. The molecule has 0 spiro atoms. The van der Waals surface area contributed by atoms with E-state index in [1.807, 2.05) is 6.92 Å². The normalized spacial score (nSPS) is 13.8. The molecule has 0 saturated heterocycles. The highest BCUT2D eigenvalue weighted by Crippen LogP contribution is 2.29. The van der Waals surface area contributed by atoms with Crippen LogP contribution in [0.15, 0.2) is 33.7 Å². The van der Waals surface area contributed by atoms with E-state index in [4.69, 9.17) is 15.3 Å². The van der Waals surface area contributed by atoms with E-state index >= 15 is 0 Å². The summed E-state index contributed by atoms with van der Waals surface area (Å²) in [5.41, 5.74) is 6.30. The van der Waals surface area contributed by atoms with Gasteiger partial charge >= 0.3 is 6.09 Å². The highest BCUT2D eigenvalue weighted by Gasteiger charge is 2.23. The monoisotopic (exact) mass is 482 g/mol. The minimum Gasteiger partial charge on any atom is -0.444 e. The van der Waals surface area contributed by atoms with E-state index in [2.05, 4.69) is 10.3 Å². The molecule has 1 aliphatic rings. The maximum Gasteiger partial charge on any atom is 0.407 e. The number of carbonyl (C=O) groups is 2. The predicted octanol–water partition coefficient (Wildman–Crippen LogP) is 2.40. The number of hydroxylamine groups is 2. The van der Waals surface area contributed by atoms with Gasteiger partial charge in [-0.25, -0.2) is 14.9 Å². The van der Waals surface area contributed by atoms with Crippen LogP contribution < -0.4 is 11.1 Å². The van der Waals surface area contributed by atoms with Crippen LogP contribution >= 0.6 is 0 Å². The lowest BCUT2D eigenvalue weighted by molar-refractivity contribution is -0.181. The average molecular weight is 483 g/mol. The third kappa shape index (κ3) is 8.15. The van der Waals surface area contributed by atoms with Gasteiger partial charge in [-0.05, 0) is 45.4 Å². The number of nitrogens with one attached hydrogen (secondary N) is 1. The molecule has 1 heterocycles. The molecule has 1 aromatic rings. The Morgan fingerprint density at radius 2 is 2.00 bits per heavy atom. The number of ether oxygens (including phenoxy) is 1. The van der Waals surface area contributed by atoms with Gasteiger partial charge in [0.1, 0.15) is 11.4 Å². The Balaban J connectivity index is 2.13. The van der Waals surface area contributed by atoms with Gasteiger partial charge in [0, 0.05) is 30.6 Å².